The molecule has 0 radical (unpaired) electrons. The fourth-order valence-corrected chi connectivity index (χ4v) is 8.57. The summed E-state index contributed by atoms with van der Waals surface area (Å²) in [5.74, 6) is -2.07. The number of aliphatic hydroxyl groups excluding tert-OH is 1. The van der Waals surface area contributed by atoms with Crippen molar-refractivity contribution in [3.8, 4) is 5.69 Å². The molecule has 6 heteroatoms. The van der Waals surface area contributed by atoms with E-state index in [1.165, 1.54) is 23.6 Å². The van der Waals surface area contributed by atoms with Gasteiger partial charge in [0.2, 0.25) is 5.79 Å². The molecule has 2 aromatic rings. The first-order valence-electron chi connectivity index (χ1n) is 13.1. The molecular formula is C30H36N2O4. The summed E-state index contributed by atoms with van der Waals surface area (Å²) in [6, 6.07) is 10.2. The van der Waals surface area contributed by atoms with Crippen molar-refractivity contribution in [2.45, 2.75) is 65.8 Å². The van der Waals surface area contributed by atoms with Crippen molar-refractivity contribution in [2.24, 2.45) is 34.5 Å². The van der Waals surface area contributed by atoms with Crippen LogP contribution >= 0.6 is 0 Å². The monoisotopic (exact) mass is 488 g/mol. The van der Waals surface area contributed by atoms with E-state index in [2.05, 4.69) is 38.1 Å². The third-order valence-corrected chi connectivity index (χ3v) is 10.1. The van der Waals surface area contributed by atoms with Crippen LogP contribution in [-0.4, -0.2) is 37.9 Å². The Labute approximate surface area is 212 Å². The molecule has 1 aromatic heterocycles. The average Bonchev–Trinajstić information content (AvgIpc) is 3.29. The number of aliphatic hydroxyl groups is 2. The molecule has 6 nitrogen and oxygen atoms in total. The highest BCUT2D eigenvalue weighted by molar-refractivity contribution is 5.67. The van der Waals surface area contributed by atoms with E-state index >= 15 is 0 Å². The summed E-state index contributed by atoms with van der Waals surface area (Å²) in [6.07, 6.45) is 7.89. The topological polar surface area (TPSA) is 84.6 Å². The van der Waals surface area contributed by atoms with Gasteiger partial charge in [0, 0.05) is 29.6 Å². The van der Waals surface area contributed by atoms with Crippen molar-refractivity contribution < 1.29 is 19.7 Å². The number of benzene rings is 1. The molecule has 0 saturated heterocycles. The van der Waals surface area contributed by atoms with E-state index in [0.29, 0.717) is 6.42 Å². The molecule has 1 aromatic carbocycles. The first-order valence-corrected chi connectivity index (χ1v) is 13.1. The molecule has 6 rings (SSSR count). The Morgan fingerprint density at radius 1 is 1.22 bits per heavy atom. The fourth-order valence-electron chi connectivity index (χ4n) is 8.57. The summed E-state index contributed by atoms with van der Waals surface area (Å²) in [7, 11) is 0. The molecule has 8 unspecified atom stereocenters. The lowest BCUT2D eigenvalue weighted by atomic mass is 9.47. The largest absolute Gasteiger partial charge is 0.433 e. The van der Waals surface area contributed by atoms with Gasteiger partial charge in [0.15, 0.2) is 0 Å². The summed E-state index contributed by atoms with van der Waals surface area (Å²) in [5, 5.41) is 28.2. The summed E-state index contributed by atoms with van der Waals surface area (Å²) < 4.78 is 7.63. The van der Waals surface area contributed by atoms with E-state index in [4.69, 9.17) is 9.84 Å². The van der Waals surface area contributed by atoms with Crippen LogP contribution < -0.4 is 0 Å². The number of ether oxygens (including phenoxy) is 1. The number of esters is 1. The van der Waals surface area contributed by atoms with Crippen LogP contribution in [-0.2, 0) is 16.0 Å². The molecule has 190 valence electrons. The number of para-hydroxylation sites is 1. The van der Waals surface area contributed by atoms with Crippen LogP contribution in [0, 0.1) is 34.5 Å². The average molecular weight is 489 g/mol. The van der Waals surface area contributed by atoms with E-state index in [1.807, 2.05) is 42.9 Å². The minimum atomic E-state index is -1.58. The minimum Gasteiger partial charge on any atom is -0.433 e. The number of fused-ring (bicyclic) bond motifs is 6. The highest BCUT2D eigenvalue weighted by Crippen LogP contribution is 2.68. The lowest BCUT2D eigenvalue weighted by molar-refractivity contribution is -0.283. The summed E-state index contributed by atoms with van der Waals surface area (Å²) in [5.41, 5.74) is 4.84. The molecule has 4 aliphatic carbocycles. The summed E-state index contributed by atoms with van der Waals surface area (Å²) in [4.78, 5) is 12.0. The van der Waals surface area contributed by atoms with Crippen LogP contribution in [0.1, 0.15) is 58.7 Å². The Bertz CT molecular complexity index is 1300. The molecule has 2 fully saturated rings. The molecule has 0 spiro atoms. The predicted molar refractivity (Wildman–Crippen MR) is 137 cm³/mol. The van der Waals surface area contributed by atoms with Gasteiger partial charge in [-0.3, -0.25) is 4.79 Å². The van der Waals surface area contributed by atoms with Crippen molar-refractivity contribution >= 4 is 12.0 Å². The van der Waals surface area contributed by atoms with E-state index < -0.39 is 23.3 Å². The molecule has 0 bridgehead atoms. The SMILES string of the molecule is CC(=O)OC1(O)C(C)CC2C3C=C(C)C4=Cc5c(cnn5-c5ccccc5)CC4(C)C3C(O)CC21C. The van der Waals surface area contributed by atoms with Gasteiger partial charge in [-0.25, -0.2) is 4.68 Å². The Kier molecular flexibility index (Phi) is 5.04. The smallest absolute Gasteiger partial charge is 0.305 e. The molecule has 0 aliphatic heterocycles. The maximum atomic E-state index is 12.0. The maximum absolute atomic E-state index is 12.0. The lowest BCUT2D eigenvalue weighted by Gasteiger charge is -2.59. The van der Waals surface area contributed by atoms with Gasteiger partial charge in [0.05, 0.1) is 23.7 Å². The molecule has 1 heterocycles. The highest BCUT2D eigenvalue weighted by atomic mass is 16.7. The zero-order valence-corrected chi connectivity index (χ0v) is 21.7. The van der Waals surface area contributed by atoms with Crippen molar-refractivity contribution in [1.82, 2.24) is 9.78 Å². The zero-order chi connectivity index (χ0) is 25.6. The van der Waals surface area contributed by atoms with Crippen molar-refractivity contribution in [1.29, 1.82) is 0 Å². The molecule has 8 atom stereocenters. The number of aromatic nitrogens is 2. The van der Waals surface area contributed by atoms with E-state index in [9.17, 15) is 15.0 Å². The Balaban J connectivity index is 1.45. The molecule has 2 N–H and O–H groups in total. The van der Waals surface area contributed by atoms with Gasteiger partial charge in [-0.2, -0.15) is 5.10 Å². The van der Waals surface area contributed by atoms with Gasteiger partial charge in [0.1, 0.15) is 0 Å². The fraction of sp³-hybridized carbons (Fsp3) is 0.533. The molecular weight excluding hydrogens is 452 g/mol. The second kappa shape index (κ2) is 7.65. The van der Waals surface area contributed by atoms with Gasteiger partial charge < -0.3 is 14.9 Å². The second-order valence-corrected chi connectivity index (χ2v) is 12.1. The Morgan fingerprint density at radius 2 is 1.94 bits per heavy atom. The van der Waals surface area contributed by atoms with E-state index in [1.54, 1.807) is 0 Å². The van der Waals surface area contributed by atoms with E-state index in [0.717, 1.165) is 24.2 Å². The van der Waals surface area contributed by atoms with Crippen LogP contribution in [0.2, 0.25) is 0 Å². The lowest BCUT2D eigenvalue weighted by Crippen LogP contribution is -2.61. The zero-order valence-electron chi connectivity index (χ0n) is 21.7. The highest BCUT2D eigenvalue weighted by Gasteiger charge is 2.70. The molecule has 36 heavy (non-hydrogen) atoms. The van der Waals surface area contributed by atoms with Crippen LogP contribution in [0.4, 0.5) is 0 Å². The Hall–Kier alpha value is -2.70. The van der Waals surface area contributed by atoms with Crippen molar-refractivity contribution in [3.05, 3.63) is 65.0 Å². The number of hydrogen-bond acceptors (Lipinski definition) is 5. The van der Waals surface area contributed by atoms with Gasteiger partial charge in [-0.1, -0.05) is 50.6 Å². The first-order chi connectivity index (χ1) is 17.0. The van der Waals surface area contributed by atoms with Crippen LogP contribution in [0.3, 0.4) is 0 Å². The number of carbonyl (C=O) groups is 1. The van der Waals surface area contributed by atoms with Crippen molar-refractivity contribution in [2.75, 3.05) is 0 Å². The van der Waals surface area contributed by atoms with Gasteiger partial charge in [-0.15, -0.1) is 0 Å². The number of nitrogens with zero attached hydrogens (tertiary/aromatic N) is 2. The number of rotatable bonds is 2. The predicted octanol–water partition coefficient (Wildman–Crippen LogP) is 4.69. The second-order valence-electron chi connectivity index (χ2n) is 12.1. The van der Waals surface area contributed by atoms with Gasteiger partial charge in [0.25, 0.3) is 0 Å². The first kappa shape index (κ1) is 23.7. The molecule has 2 saturated carbocycles. The van der Waals surface area contributed by atoms with Crippen LogP contribution in [0.15, 0.2) is 53.8 Å². The third-order valence-electron chi connectivity index (χ3n) is 10.1. The van der Waals surface area contributed by atoms with Crippen LogP contribution in [0.25, 0.3) is 11.8 Å². The van der Waals surface area contributed by atoms with Crippen molar-refractivity contribution in [3.63, 3.8) is 0 Å². The van der Waals surface area contributed by atoms with Crippen LogP contribution in [0.5, 0.6) is 0 Å². The standard InChI is InChI=1S/C30H36N2O4/c1-17-11-22-24-12-18(2)30(35,36-19(3)33)29(24,5)15-26(34)27(22)28(4)14-20-16-31-32(25(20)13-23(17)28)21-9-7-6-8-10-21/h6-11,13,16,18,22,24,26-27,34-35H,12,14-15H2,1-5H3. The quantitative estimate of drug-likeness (QED) is 0.473. The third kappa shape index (κ3) is 2.97. The number of hydrogen-bond donors (Lipinski definition) is 2. The Morgan fingerprint density at radius 3 is 2.64 bits per heavy atom. The maximum Gasteiger partial charge on any atom is 0.305 e. The van der Waals surface area contributed by atoms with E-state index in [-0.39, 0.29) is 29.1 Å². The normalized spacial score (nSPS) is 40.8. The number of allylic oxidation sites excluding steroid dienone is 3. The molecule has 4 aliphatic rings. The summed E-state index contributed by atoms with van der Waals surface area (Å²) in [6.45, 7) is 9.78. The summed E-state index contributed by atoms with van der Waals surface area (Å²) >= 11 is 0. The number of carbonyl (C=O) groups excluding carboxylic acids is 1. The van der Waals surface area contributed by atoms with Gasteiger partial charge in [-0.05, 0) is 67.4 Å². The molecule has 0 amide bonds. The minimum absolute atomic E-state index is 0.00521. The van der Waals surface area contributed by atoms with Gasteiger partial charge >= 0.3 is 5.97 Å².